The molecule has 0 spiro atoms. The van der Waals surface area contributed by atoms with E-state index in [1.54, 1.807) is 11.3 Å². The highest BCUT2D eigenvalue weighted by Crippen LogP contribution is 2.34. The number of nitrogens with zero attached hydrogens (tertiary/aromatic N) is 2. The van der Waals surface area contributed by atoms with E-state index in [1.165, 1.54) is 10.4 Å². The lowest BCUT2D eigenvalue weighted by molar-refractivity contribution is -0.133. The zero-order valence-corrected chi connectivity index (χ0v) is 15.6. The number of likely N-dealkylation sites (tertiary alicyclic amines) is 1. The second-order valence-electron chi connectivity index (χ2n) is 6.02. The van der Waals surface area contributed by atoms with Crippen LogP contribution < -0.4 is 0 Å². The van der Waals surface area contributed by atoms with Gasteiger partial charge in [0.15, 0.2) is 0 Å². The fourth-order valence-corrected chi connectivity index (χ4v) is 4.42. The lowest BCUT2D eigenvalue weighted by atomic mass is 10.2. The minimum absolute atomic E-state index is 0.232. The van der Waals surface area contributed by atoms with E-state index in [4.69, 9.17) is 0 Å². The van der Waals surface area contributed by atoms with E-state index >= 15 is 0 Å². The molecule has 1 atom stereocenters. The Morgan fingerprint density at radius 3 is 2.91 bits per heavy atom. The molecule has 0 bridgehead atoms. The first-order chi connectivity index (χ1) is 11.1. The van der Waals surface area contributed by atoms with Crippen molar-refractivity contribution < 1.29 is 4.79 Å². The predicted molar refractivity (Wildman–Crippen MR) is 98.5 cm³/mol. The van der Waals surface area contributed by atoms with Gasteiger partial charge in [0.1, 0.15) is 0 Å². The van der Waals surface area contributed by atoms with Gasteiger partial charge in [-0.3, -0.25) is 9.69 Å². The molecule has 1 amide bonds. The Balaban J connectivity index is 1.61. The van der Waals surface area contributed by atoms with Crippen molar-refractivity contribution in [2.45, 2.75) is 25.4 Å². The highest BCUT2D eigenvalue weighted by Gasteiger charge is 2.30. The maximum atomic E-state index is 12.7. The van der Waals surface area contributed by atoms with Crippen molar-refractivity contribution in [3.05, 3.63) is 56.7 Å². The lowest BCUT2D eigenvalue weighted by Gasteiger charge is -2.26. The van der Waals surface area contributed by atoms with Gasteiger partial charge < -0.3 is 4.90 Å². The molecule has 3 nitrogen and oxygen atoms in total. The number of thiophene rings is 1. The molecule has 1 fully saturated rings. The number of amides is 1. The molecule has 1 aliphatic heterocycles. The number of carbonyl (C=O) groups is 1. The minimum atomic E-state index is 0.232. The number of likely N-dealkylation sites (N-methyl/N-ethyl adjacent to an activating group) is 1. The van der Waals surface area contributed by atoms with Crippen molar-refractivity contribution in [3.8, 4) is 0 Å². The number of hydrogen-bond donors (Lipinski definition) is 0. The SMILES string of the molecule is CN(CC(=O)N1CCCC1c1cccs1)Cc1ccccc1Br. The molecule has 1 unspecified atom stereocenters. The summed E-state index contributed by atoms with van der Waals surface area (Å²) in [6.07, 6.45) is 2.18. The molecule has 0 radical (unpaired) electrons. The van der Waals surface area contributed by atoms with Gasteiger partial charge in [-0.15, -0.1) is 11.3 Å². The monoisotopic (exact) mass is 392 g/mol. The molecular formula is C18H21BrN2OS. The maximum Gasteiger partial charge on any atom is 0.237 e. The van der Waals surface area contributed by atoms with E-state index < -0.39 is 0 Å². The Kier molecular flexibility index (Phi) is 5.51. The maximum absolute atomic E-state index is 12.7. The third-order valence-corrected chi connectivity index (χ3v) is 6.00. The summed E-state index contributed by atoms with van der Waals surface area (Å²) in [5.41, 5.74) is 1.21. The standard InChI is InChI=1S/C18H21BrN2OS/c1-20(12-14-6-2-3-7-15(14)19)13-18(22)21-10-4-8-16(21)17-9-5-11-23-17/h2-3,5-7,9,11,16H,4,8,10,12-13H2,1H3. The number of rotatable bonds is 5. The van der Waals surface area contributed by atoms with E-state index in [0.717, 1.165) is 30.4 Å². The molecule has 0 aliphatic carbocycles. The topological polar surface area (TPSA) is 23.6 Å². The minimum Gasteiger partial charge on any atom is -0.334 e. The summed E-state index contributed by atoms with van der Waals surface area (Å²) >= 11 is 5.32. The van der Waals surface area contributed by atoms with Crippen LogP contribution in [0.4, 0.5) is 0 Å². The first kappa shape index (κ1) is 16.7. The molecular weight excluding hydrogens is 372 g/mol. The highest BCUT2D eigenvalue weighted by molar-refractivity contribution is 9.10. The molecule has 0 N–H and O–H groups in total. The molecule has 1 aromatic heterocycles. The Morgan fingerprint density at radius 2 is 2.17 bits per heavy atom. The van der Waals surface area contributed by atoms with Crippen molar-refractivity contribution in [1.29, 1.82) is 0 Å². The molecule has 2 aromatic rings. The predicted octanol–water partition coefficient (Wildman–Crippen LogP) is 4.31. The molecule has 23 heavy (non-hydrogen) atoms. The third-order valence-electron chi connectivity index (χ3n) is 4.25. The molecule has 122 valence electrons. The van der Waals surface area contributed by atoms with Crippen LogP contribution in [0.1, 0.15) is 29.3 Å². The van der Waals surface area contributed by atoms with Crippen LogP contribution in [0.15, 0.2) is 46.3 Å². The van der Waals surface area contributed by atoms with Crippen molar-refractivity contribution >= 4 is 33.2 Å². The van der Waals surface area contributed by atoms with Crippen LogP contribution in [0.2, 0.25) is 0 Å². The summed E-state index contributed by atoms with van der Waals surface area (Å²) in [4.78, 5) is 18.2. The van der Waals surface area contributed by atoms with Crippen molar-refractivity contribution in [2.75, 3.05) is 20.1 Å². The summed E-state index contributed by atoms with van der Waals surface area (Å²) in [6, 6.07) is 12.7. The Labute approximate surface area is 150 Å². The fourth-order valence-electron chi connectivity index (χ4n) is 3.14. The summed E-state index contributed by atoms with van der Waals surface area (Å²) in [5, 5.41) is 2.09. The molecule has 1 aromatic carbocycles. The first-order valence-electron chi connectivity index (χ1n) is 7.90. The Morgan fingerprint density at radius 1 is 1.35 bits per heavy atom. The Hall–Kier alpha value is -1.17. The van der Waals surface area contributed by atoms with Gasteiger partial charge in [0, 0.05) is 22.4 Å². The van der Waals surface area contributed by atoms with Crippen molar-refractivity contribution in [1.82, 2.24) is 9.80 Å². The van der Waals surface area contributed by atoms with Crippen LogP contribution in [0, 0.1) is 0 Å². The van der Waals surface area contributed by atoms with Crippen molar-refractivity contribution in [2.24, 2.45) is 0 Å². The van der Waals surface area contributed by atoms with E-state index in [9.17, 15) is 4.79 Å². The zero-order chi connectivity index (χ0) is 16.2. The van der Waals surface area contributed by atoms with Gasteiger partial charge in [-0.05, 0) is 43.0 Å². The number of hydrogen-bond acceptors (Lipinski definition) is 3. The van der Waals surface area contributed by atoms with Crippen LogP contribution in [-0.2, 0) is 11.3 Å². The third kappa shape index (κ3) is 4.03. The average molecular weight is 393 g/mol. The molecule has 2 heterocycles. The molecule has 5 heteroatoms. The van der Waals surface area contributed by atoms with Crippen LogP contribution in [0.25, 0.3) is 0 Å². The summed E-state index contributed by atoms with van der Waals surface area (Å²) in [7, 11) is 2.01. The van der Waals surface area contributed by atoms with Crippen LogP contribution in [-0.4, -0.2) is 35.8 Å². The second-order valence-corrected chi connectivity index (χ2v) is 7.86. The zero-order valence-electron chi connectivity index (χ0n) is 13.2. The second kappa shape index (κ2) is 7.60. The van der Waals surface area contributed by atoms with E-state index in [2.05, 4.69) is 49.3 Å². The lowest BCUT2D eigenvalue weighted by Crippen LogP contribution is -2.38. The van der Waals surface area contributed by atoms with E-state index in [-0.39, 0.29) is 11.9 Å². The molecule has 0 saturated carbocycles. The molecule has 3 rings (SSSR count). The van der Waals surface area contributed by atoms with Gasteiger partial charge in [-0.1, -0.05) is 40.2 Å². The quantitative estimate of drug-likeness (QED) is 0.756. The summed E-state index contributed by atoms with van der Waals surface area (Å²) in [5.74, 6) is 0.232. The number of halogens is 1. The van der Waals surface area contributed by atoms with E-state index in [0.29, 0.717) is 6.54 Å². The van der Waals surface area contributed by atoms with Gasteiger partial charge in [0.2, 0.25) is 5.91 Å². The fraction of sp³-hybridized carbons (Fsp3) is 0.389. The van der Waals surface area contributed by atoms with Crippen LogP contribution in [0.3, 0.4) is 0 Å². The summed E-state index contributed by atoms with van der Waals surface area (Å²) < 4.78 is 1.09. The average Bonchev–Trinajstić information content (AvgIpc) is 3.20. The summed E-state index contributed by atoms with van der Waals surface area (Å²) in [6.45, 7) is 2.11. The first-order valence-corrected chi connectivity index (χ1v) is 9.57. The van der Waals surface area contributed by atoms with Gasteiger partial charge in [-0.25, -0.2) is 0 Å². The highest BCUT2D eigenvalue weighted by atomic mass is 79.9. The number of carbonyl (C=O) groups excluding carboxylic acids is 1. The normalized spacial score (nSPS) is 17.9. The largest absolute Gasteiger partial charge is 0.334 e. The van der Waals surface area contributed by atoms with Gasteiger partial charge >= 0.3 is 0 Å². The van der Waals surface area contributed by atoms with Gasteiger partial charge in [0.05, 0.1) is 12.6 Å². The Bertz CT molecular complexity index is 659. The van der Waals surface area contributed by atoms with Gasteiger partial charge in [0.25, 0.3) is 0 Å². The van der Waals surface area contributed by atoms with Crippen LogP contribution in [0.5, 0.6) is 0 Å². The van der Waals surface area contributed by atoms with Crippen molar-refractivity contribution in [3.63, 3.8) is 0 Å². The van der Waals surface area contributed by atoms with E-state index in [1.807, 2.05) is 25.2 Å². The molecule has 1 aliphatic rings. The van der Waals surface area contributed by atoms with Crippen LogP contribution >= 0.6 is 27.3 Å². The molecule has 1 saturated heterocycles. The number of benzene rings is 1. The van der Waals surface area contributed by atoms with Gasteiger partial charge in [-0.2, -0.15) is 0 Å². The smallest absolute Gasteiger partial charge is 0.237 e.